The predicted octanol–water partition coefficient (Wildman–Crippen LogP) is 2.72. The van der Waals surface area contributed by atoms with Gasteiger partial charge in [0.15, 0.2) is 0 Å². The molecule has 2 aliphatic rings. The van der Waals surface area contributed by atoms with Gasteiger partial charge < -0.3 is 15.5 Å². The Bertz CT molecular complexity index is 791. The van der Waals surface area contributed by atoms with Crippen molar-refractivity contribution in [1.82, 2.24) is 10.6 Å². The Labute approximate surface area is 152 Å². The minimum atomic E-state index is -0.195. The van der Waals surface area contributed by atoms with Crippen LogP contribution in [0.5, 0.6) is 0 Å². The first-order valence-corrected chi connectivity index (χ1v) is 9.08. The van der Waals surface area contributed by atoms with Crippen LogP contribution in [-0.4, -0.2) is 38.3 Å². The van der Waals surface area contributed by atoms with Gasteiger partial charge in [0.25, 0.3) is 0 Å². The number of halogens is 1. The lowest BCUT2D eigenvalue weighted by atomic mass is 10.1. The van der Waals surface area contributed by atoms with Crippen LogP contribution < -0.4 is 20.4 Å². The van der Waals surface area contributed by atoms with E-state index in [1.807, 2.05) is 36.4 Å². The fourth-order valence-electron chi connectivity index (χ4n) is 3.66. The molecule has 2 aromatic rings. The van der Waals surface area contributed by atoms with E-state index in [-0.39, 0.29) is 17.9 Å². The smallest absolute Gasteiger partial charge is 0.322 e. The molecule has 0 aromatic heterocycles. The minimum absolute atomic E-state index is 0.0586. The van der Waals surface area contributed by atoms with E-state index in [1.165, 1.54) is 6.07 Å². The van der Waals surface area contributed by atoms with Crippen molar-refractivity contribution in [2.24, 2.45) is 0 Å². The van der Waals surface area contributed by atoms with Gasteiger partial charge in [0.05, 0.1) is 11.4 Å². The summed E-state index contributed by atoms with van der Waals surface area (Å²) in [5.74, 6) is -0.195. The largest absolute Gasteiger partial charge is 0.364 e. The zero-order chi connectivity index (χ0) is 17.9. The maximum Gasteiger partial charge on any atom is 0.322 e. The van der Waals surface area contributed by atoms with Gasteiger partial charge in [-0.3, -0.25) is 4.90 Å². The molecule has 2 aliphatic heterocycles. The second kappa shape index (κ2) is 7.33. The molecule has 0 unspecified atom stereocenters. The van der Waals surface area contributed by atoms with Gasteiger partial charge >= 0.3 is 6.03 Å². The van der Waals surface area contributed by atoms with E-state index >= 15 is 0 Å². The van der Waals surface area contributed by atoms with Crippen LogP contribution >= 0.6 is 0 Å². The highest BCUT2D eigenvalue weighted by molar-refractivity contribution is 5.97. The summed E-state index contributed by atoms with van der Waals surface area (Å²) in [4.78, 5) is 16.7. The van der Waals surface area contributed by atoms with E-state index in [4.69, 9.17) is 0 Å². The summed E-state index contributed by atoms with van der Waals surface area (Å²) in [5, 5.41) is 6.37. The van der Waals surface area contributed by atoms with Gasteiger partial charge in [-0.15, -0.1) is 0 Å². The molecule has 2 amide bonds. The lowest BCUT2D eigenvalue weighted by molar-refractivity contribution is 0.243. The van der Waals surface area contributed by atoms with Crippen LogP contribution in [0.3, 0.4) is 0 Å². The maximum atomic E-state index is 14.0. The van der Waals surface area contributed by atoms with Gasteiger partial charge in [-0.1, -0.05) is 30.3 Å². The number of hydrogen-bond donors (Lipinski definition) is 2. The zero-order valence-electron chi connectivity index (χ0n) is 14.6. The monoisotopic (exact) mass is 354 g/mol. The summed E-state index contributed by atoms with van der Waals surface area (Å²) in [6.07, 6.45) is 0.959. The number of benzene rings is 2. The SMILES string of the molecule is O=C(N[C@@H]1CCNC1)N1CCN(Cc2ccccc2F)c2ccccc21. The molecule has 0 bridgehead atoms. The van der Waals surface area contributed by atoms with E-state index in [0.29, 0.717) is 25.2 Å². The highest BCUT2D eigenvalue weighted by Crippen LogP contribution is 2.34. The molecule has 0 aliphatic carbocycles. The second-order valence-electron chi connectivity index (χ2n) is 6.79. The van der Waals surface area contributed by atoms with Crippen LogP contribution in [-0.2, 0) is 6.54 Å². The minimum Gasteiger partial charge on any atom is -0.364 e. The highest BCUT2D eigenvalue weighted by Gasteiger charge is 2.28. The first-order chi connectivity index (χ1) is 12.7. The summed E-state index contributed by atoms with van der Waals surface area (Å²) in [5.41, 5.74) is 2.50. The number of hydrogen-bond acceptors (Lipinski definition) is 3. The van der Waals surface area contributed by atoms with Crippen LogP contribution in [0.4, 0.5) is 20.6 Å². The Kier molecular flexibility index (Phi) is 4.75. The molecular weight excluding hydrogens is 331 g/mol. The van der Waals surface area contributed by atoms with Crippen molar-refractivity contribution in [1.29, 1.82) is 0 Å². The molecule has 1 atom stereocenters. The van der Waals surface area contributed by atoms with E-state index in [1.54, 1.807) is 11.0 Å². The molecule has 6 heteroatoms. The van der Waals surface area contributed by atoms with Crippen LogP contribution in [0.2, 0.25) is 0 Å². The molecule has 136 valence electrons. The number of fused-ring (bicyclic) bond motifs is 1. The lowest BCUT2D eigenvalue weighted by Crippen LogP contribution is -2.50. The Balaban J connectivity index is 1.54. The van der Waals surface area contributed by atoms with Crippen LogP contribution in [0.15, 0.2) is 48.5 Å². The molecule has 5 nitrogen and oxygen atoms in total. The predicted molar refractivity (Wildman–Crippen MR) is 101 cm³/mol. The van der Waals surface area contributed by atoms with Crippen molar-refractivity contribution in [3.05, 3.63) is 59.9 Å². The number of carbonyl (C=O) groups excluding carboxylic acids is 1. The number of carbonyl (C=O) groups is 1. The summed E-state index contributed by atoms with van der Waals surface area (Å²) in [6.45, 7) is 3.50. The Morgan fingerprint density at radius 3 is 2.65 bits per heavy atom. The molecule has 4 rings (SSSR count). The molecule has 2 aromatic carbocycles. The zero-order valence-corrected chi connectivity index (χ0v) is 14.6. The van der Waals surface area contributed by atoms with Gasteiger partial charge in [-0.25, -0.2) is 9.18 Å². The molecular formula is C20H23FN4O. The third-order valence-electron chi connectivity index (χ3n) is 5.06. The number of amides is 2. The van der Waals surface area contributed by atoms with E-state index in [2.05, 4.69) is 15.5 Å². The third kappa shape index (κ3) is 3.37. The summed E-state index contributed by atoms with van der Waals surface area (Å²) >= 11 is 0. The third-order valence-corrected chi connectivity index (χ3v) is 5.06. The standard InChI is InChI=1S/C20H23FN4O/c21-17-6-2-1-5-15(17)14-24-11-12-25(19-8-4-3-7-18(19)24)20(26)23-16-9-10-22-13-16/h1-8,16,22H,9-14H2,(H,23,26)/t16-/m1/s1. The number of para-hydroxylation sites is 2. The van der Waals surface area contributed by atoms with E-state index < -0.39 is 0 Å². The number of nitrogens with zero attached hydrogens (tertiary/aromatic N) is 2. The highest BCUT2D eigenvalue weighted by atomic mass is 19.1. The first-order valence-electron chi connectivity index (χ1n) is 9.08. The summed E-state index contributed by atoms with van der Waals surface area (Å²) < 4.78 is 14.0. The van der Waals surface area contributed by atoms with Gasteiger partial charge in [-0.05, 0) is 31.2 Å². The van der Waals surface area contributed by atoms with Crippen molar-refractivity contribution >= 4 is 17.4 Å². The maximum absolute atomic E-state index is 14.0. The molecule has 26 heavy (non-hydrogen) atoms. The number of nitrogens with one attached hydrogen (secondary N) is 2. The number of urea groups is 1. The molecule has 2 N–H and O–H groups in total. The van der Waals surface area contributed by atoms with Crippen LogP contribution in [0.25, 0.3) is 0 Å². The molecule has 1 saturated heterocycles. The Hall–Kier alpha value is -2.60. The fourth-order valence-corrected chi connectivity index (χ4v) is 3.66. The second-order valence-corrected chi connectivity index (χ2v) is 6.79. The quantitative estimate of drug-likeness (QED) is 0.891. The van der Waals surface area contributed by atoms with Crippen molar-refractivity contribution in [2.45, 2.75) is 19.0 Å². The number of rotatable bonds is 3. The lowest BCUT2D eigenvalue weighted by Gasteiger charge is -2.38. The fraction of sp³-hybridized carbons (Fsp3) is 0.350. The van der Waals surface area contributed by atoms with Crippen LogP contribution in [0, 0.1) is 5.82 Å². The Morgan fingerprint density at radius 1 is 1.12 bits per heavy atom. The van der Waals surface area contributed by atoms with Gasteiger partial charge in [0, 0.05) is 37.8 Å². The molecule has 0 radical (unpaired) electrons. The van der Waals surface area contributed by atoms with Gasteiger partial charge in [0.2, 0.25) is 0 Å². The Morgan fingerprint density at radius 2 is 1.88 bits per heavy atom. The first kappa shape index (κ1) is 16.8. The topological polar surface area (TPSA) is 47.6 Å². The summed E-state index contributed by atoms with van der Waals surface area (Å²) in [7, 11) is 0. The molecule has 0 spiro atoms. The van der Waals surface area contributed by atoms with Gasteiger partial charge in [0.1, 0.15) is 5.82 Å². The van der Waals surface area contributed by atoms with Crippen molar-refractivity contribution < 1.29 is 9.18 Å². The van der Waals surface area contributed by atoms with Crippen molar-refractivity contribution in [2.75, 3.05) is 36.0 Å². The average molecular weight is 354 g/mol. The van der Waals surface area contributed by atoms with Crippen molar-refractivity contribution in [3.63, 3.8) is 0 Å². The van der Waals surface area contributed by atoms with E-state index in [9.17, 15) is 9.18 Å². The van der Waals surface area contributed by atoms with Crippen molar-refractivity contribution in [3.8, 4) is 0 Å². The molecule has 1 fully saturated rings. The average Bonchev–Trinajstić information content (AvgIpc) is 3.16. The molecule has 0 saturated carbocycles. The van der Waals surface area contributed by atoms with E-state index in [0.717, 1.165) is 30.9 Å². The number of anilines is 2. The summed E-state index contributed by atoms with van der Waals surface area (Å²) in [6, 6.07) is 14.8. The molecule has 2 heterocycles. The van der Waals surface area contributed by atoms with Gasteiger partial charge in [-0.2, -0.15) is 0 Å². The van der Waals surface area contributed by atoms with Crippen LogP contribution in [0.1, 0.15) is 12.0 Å². The normalized spacial score (nSPS) is 19.3.